The molecule has 0 saturated heterocycles. The summed E-state index contributed by atoms with van der Waals surface area (Å²) in [7, 11) is 1.64. The van der Waals surface area contributed by atoms with E-state index in [9.17, 15) is 0 Å². The highest BCUT2D eigenvalue weighted by Gasteiger charge is 2.03. The van der Waals surface area contributed by atoms with E-state index in [4.69, 9.17) is 26.8 Å². The van der Waals surface area contributed by atoms with Crippen LogP contribution in [0.5, 0.6) is 0 Å². The van der Waals surface area contributed by atoms with Gasteiger partial charge in [-0.3, -0.25) is 5.10 Å². The van der Waals surface area contributed by atoms with Crippen LogP contribution in [0.3, 0.4) is 0 Å². The minimum atomic E-state index is -0.113. The summed E-state index contributed by atoms with van der Waals surface area (Å²) < 4.78 is 12.5. The first-order valence-electron chi connectivity index (χ1n) is 5.11. The summed E-state index contributed by atoms with van der Waals surface area (Å²) in [6, 6.07) is 0. The van der Waals surface area contributed by atoms with Crippen molar-refractivity contribution in [1.29, 1.82) is 0 Å². The maximum Gasteiger partial charge on any atom is 0.195 e. The van der Waals surface area contributed by atoms with Gasteiger partial charge in [0.25, 0.3) is 0 Å². The molecule has 6 nitrogen and oxygen atoms in total. The summed E-state index contributed by atoms with van der Waals surface area (Å²) in [5.41, 5.74) is 0. The van der Waals surface area contributed by atoms with Crippen LogP contribution in [0.2, 0.25) is 0 Å². The van der Waals surface area contributed by atoms with Crippen LogP contribution in [-0.4, -0.2) is 46.8 Å². The lowest BCUT2D eigenvalue weighted by Crippen LogP contribution is -2.08. The maximum absolute atomic E-state index is 9.01. The minimum Gasteiger partial charge on any atom is -0.388 e. The number of methoxy groups -OCH3 is 1. The van der Waals surface area contributed by atoms with Crippen LogP contribution in [0.4, 0.5) is 0 Å². The van der Waals surface area contributed by atoms with Gasteiger partial charge in [-0.25, -0.2) is 0 Å². The Balaban J connectivity index is 2.26. The van der Waals surface area contributed by atoms with Gasteiger partial charge in [0, 0.05) is 20.3 Å². The highest BCUT2D eigenvalue weighted by atomic mass is 32.1. The molecule has 0 amide bonds. The van der Waals surface area contributed by atoms with Gasteiger partial charge in [-0.2, -0.15) is 5.10 Å². The maximum atomic E-state index is 9.01. The van der Waals surface area contributed by atoms with Gasteiger partial charge in [0.1, 0.15) is 6.61 Å². The molecule has 7 heteroatoms. The van der Waals surface area contributed by atoms with Gasteiger partial charge in [0.2, 0.25) is 0 Å². The lowest BCUT2D eigenvalue weighted by Gasteiger charge is -2.05. The van der Waals surface area contributed by atoms with Gasteiger partial charge in [-0.1, -0.05) is 0 Å². The van der Waals surface area contributed by atoms with E-state index >= 15 is 0 Å². The molecule has 0 spiro atoms. The fourth-order valence-corrected chi connectivity index (χ4v) is 1.51. The molecule has 0 unspecified atom stereocenters. The van der Waals surface area contributed by atoms with E-state index in [1.165, 1.54) is 0 Å². The Labute approximate surface area is 99.2 Å². The number of hydrogen-bond acceptors (Lipinski definition) is 5. The largest absolute Gasteiger partial charge is 0.388 e. The lowest BCUT2D eigenvalue weighted by atomic mass is 10.4. The molecule has 1 rings (SSSR count). The Bertz CT molecular complexity index is 350. The highest BCUT2D eigenvalue weighted by Crippen LogP contribution is 1.99. The Morgan fingerprint density at radius 1 is 1.44 bits per heavy atom. The number of nitrogens with zero attached hydrogens (tertiary/aromatic N) is 2. The summed E-state index contributed by atoms with van der Waals surface area (Å²) in [5, 5.41) is 15.5. The molecule has 0 bridgehead atoms. The standard InChI is InChI=1S/C9H17N3O3S/c1-14-5-6-15-4-2-3-12-8(7-13)10-11-9(12)16/h13H,2-7H2,1H3,(H,11,16). The van der Waals surface area contributed by atoms with Gasteiger partial charge in [0.15, 0.2) is 10.6 Å². The van der Waals surface area contributed by atoms with E-state index in [1.807, 2.05) is 0 Å². The molecule has 0 aliphatic rings. The topological polar surface area (TPSA) is 72.3 Å². The van der Waals surface area contributed by atoms with Crippen molar-refractivity contribution < 1.29 is 14.6 Å². The van der Waals surface area contributed by atoms with Crippen LogP contribution in [-0.2, 0) is 22.6 Å². The fourth-order valence-electron chi connectivity index (χ4n) is 1.27. The van der Waals surface area contributed by atoms with Crippen LogP contribution in [0.25, 0.3) is 0 Å². The van der Waals surface area contributed by atoms with Gasteiger partial charge < -0.3 is 19.1 Å². The SMILES string of the molecule is COCCOCCCn1c(CO)n[nH]c1=S. The third-order valence-electron chi connectivity index (χ3n) is 2.08. The summed E-state index contributed by atoms with van der Waals surface area (Å²) in [6.45, 7) is 2.42. The fraction of sp³-hybridized carbons (Fsp3) is 0.778. The number of rotatable bonds is 8. The molecule has 0 aliphatic heterocycles. The second-order valence-corrected chi connectivity index (χ2v) is 3.60. The average Bonchev–Trinajstić information content (AvgIpc) is 2.65. The molecule has 2 N–H and O–H groups in total. The van der Waals surface area contributed by atoms with E-state index in [1.54, 1.807) is 11.7 Å². The van der Waals surface area contributed by atoms with Gasteiger partial charge in [-0.15, -0.1) is 0 Å². The van der Waals surface area contributed by atoms with Crippen molar-refractivity contribution in [3.05, 3.63) is 10.6 Å². The second kappa shape index (κ2) is 7.50. The summed E-state index contributed by atoms with van der Waals surface area (Å²) in [5.74, 6) is 0.557. The number of aliphatic hydroxyl groups is 1. The molecule has 0 atom stereocenters. The molecular formula is C9H17N3O3S. The van der Waals surface area contributed by atoms with Crippen LogP contribution in [0.1, 0.15) is 12.2 Å². The van der Waals surface area contributed by atoms with E-state index in [2.05, 4.69) is 10.2 Å². The first-order valence-corrected chi connectivity index (χ1v) is 5.52. The predicted octanol–water partition coefficient (Wildman–Crippen LogP) is 0.486. The van der Waals surface area contributed by atoms with Crippen LogP contribution in [0.15, 0.2) is 0 Å². The van der Waals surface area contributed by atoms with E-state index in [0.717, 1.165) is 6.42 Å². The molecule has 0 saturated carbocycles. The molecule has 1 heterocycles. The lowest BCUT2D eigenvalue weighted by molar-refractivity contribution is 0.0678. The summed E-state index contributed by atoms with van der Waals surface area (Å²) >= 11 is 5.03. The van der Waals surface area contributed by atoms with E-state index in [0.29, 0.717) is 37.0 Å². The van der Waals surface area contributed by atoms with Crippen molar-refractivity contribution >= 4 is 12.2 Å². The molecule has 92 valence electrons. The van der Waals surface area contributed by atoms with Crippen molar-refractivity contribution in [2.45, 2.75) is 19.6 Å². The molecule has 16 heavy (non-hydrogen) atoms. The van der Waals surface area contributed by atoms with Gasteiger partial charge in [-0.05, 0) is 18.6 Å². The third kappa shape index (κ3) is 4.01. The number of hydrogen-bond donors (Lipinski definition) is 2. The van der Waals surface area contributed by atoms with E-state index < -0.39 is 0 Å². The van der Waals surface area contributed by atoms with Crippen LogP contribution in [0, 0.1) is 4.77 Å². The first-order chi connectivity index (χ1) is 7.79. The number of aromatic amines is 1. The Morgan fingerprint density at radius 3 is 2.94 bits per heavy atom. The predicted molar refractivity (Wildman–Crippen MR) is 60.6 cm³/mol. The zero-order valence-corrected chi connectivity index (χ0v) is 10.1. The van der Waals surface area contributed by atoms with Crippen LogP contribution >= 0.6 is 12.2 Å². The molecule has 0 aromatic carbocycles. The summed E-state index contributed by atoms with van der Waals surface area (Å²) in [4.78, 5) is 0. The monoisotopic (exact) mass is 247 g/mol. The molecule has 0 aliphatic carbocycles. The molecule has 0 fully saturated rings. The quantitative estimate of drug-likeness (QED) is 0.516. The van der Waals surface area contributed by atoms with Crippen molar-refractivity contribution in [3.63, 3.8) is 0 Å². The Hall–Kier alpha value is -0.760. The number of ether oxygens (including phenoxy) is 2. The average molecular weight is 247 g/mol. The van der Waals surface area contributed by atoms with E-state index in [-0.39, 0.29) is 6.61 Å². The number of aromatic nitrogens is 3. The van der Waals surface area contributed by atoms with Gasteiger partial charge in [0.05, 0.1) is 13.2 Å². The molecule has 1 aromatic heterocycles. The highest BCUT2D eigenvalue weighted by molar-refractivity contribution is 7.71. The van der Waals surface area contributed by atoms with Crippen LogP contribution < -0.4 is 0 Å². The van der Waals surface area contributed by atoms with Crippen molar-refractivity contribution in [2.24, 2.45) is 0 Å². The van der Waals surface area contributed by atoms with Crippen molar-refractivity contribution in [1.82, 2.24) is 14.8 Å². The smallest absolute Gasteiger partial charge is 0.195 e. The van der Waals surface area contributed by atoms with Gasteiger partial charge >= 0.3 is 0 Å². The second-order valence-electron chi connectivity index (χ2n) is 3.21. The number of aliphatic hydroxyl groups excluding tert-OH is 1. The Kier molecular flexibility index (Phi) is 6.24. The molecular weight excluding hydrogens is 230 g/mol. The zero-order valence-electron chi connectivity index (χ0n) is 9.31. The summed E-state index contributed by atoms with van der Waals surface area (Å²) in [6.07, 6.45) is 0.824. The Morgan fingerprint density at radius 2 is 2.25 bits per heavy atom. The minimum absolute atomic E-state index is 0.113. The van der Waals surface area contributed by atoms with Crippen molar-refractivity contribution in [2.75, 3.05) is 26.9 Å². The number of H-pyrrole nitrogens is 1. The zero-order chi connectivity index (χ0) is 11.8. The molecule has 1 aromatic rings. The normalized spacial score (nSPS) is 10.9. The first kappa shape index (κ1) is 13.3. The number of nitrogens with one attached hydrogen (secondary N) is 1. The third-order valence-corrected chi connectivity index (χ3v) is 2.39. The molecule has 0 radical (unpaired) electrons. The van der Waals surface area contributed by atoms with Crippen molar-refractivity contribution in [3.8, 4) is 0 Å².